The second kappa shape index (κ2) is 8.93. The number of allylic oxidation sites excluding steroid dienone is 1. The van der Waals surface area contributed by atoms with Gasteiger partial charge < -0.3 is 5.32 Å². The van der Waals surface area contributed by atoms with Crippen molar-refractivity contribution in [3.8, 4) is 0 Å². The van der Waals surface area contributed by atoms with Crippen molar-refractivity contribution in [1.82, 2.24) is 5.32 Å². The third-order valence-electron chi connectivity index (χ3n) is 3.45. The summed E-state index contributed by atoms with van der Waals surface area (Å²) in [5.41, 5.74) is 2.72. The molecule has 0 saturated carbocycles. The maximum absolute atomic E-state index is 3.83. The van der Waals surface area contributed by atoms with E-state index < -0.39 is 0 Å². The van der Waals surface area contributed by atoms with Crippen LogP contribution in [0.2, 0.25) is 0 Å². The van der Waals surface area contributed by atoms with Crippen LogP contribution in [-0.2, 0) is 6.54 Å². The molecule has 0 saturated heterocycles. The van der Waals surface area contributed by atoms with Gasteiger partial charge in [0.2, 0.25) is 0 Å². The molecular weight excluding hydrogens is 218 g/mol. The van der Waals surface area contributed by atoms with Gasteiger partial charge in [0.1, 0.15) is 0 Å². The van der Waals surface area contributed by atoms with E-state index in [0.29, 0.717) is 0 Å². The minimum absolute atomic E-state index is 0.822. The largest absolute Gasteiger partial charge is 0.313 e. The van der Waals surface area contributed by atoms with Gasteiger partial charge in [-0.05, 0) is 44.2 Å². The van der Waals surface area contributed by atoms with Gasteiger partial charge in [0.15, 0.2) is 0 Å². The van der Waals surface area contributed by atoms with Gasteiger partial charge in [0.25, 0.3) is 0 Å². The molecule has 100 valence electrons. The van der Waals surface area contributed by atoms with Crippen molar-refractivity contribution in [3.05, 3.63) is 48.0 Å². The number of nitrogens with one attached hydrogen (secondary N) is 1. The molecule has 1 rings (SSSR count). The van der Waals surface area contributed by atoms with Crippen molar-refractivity contribution in [3.63, 3.8) is 0 Å². The summed E-state index contributed by atoms with van der Waals surface area (Å²) in [6.07, 6.45) is 7.05. The van der Waals surface area contributed by atoms with Gasteiger partial charge in [-0.15, -0.1) is 6.58 Å². The SMILES string of the molecule is C=CCC(CC)CCCNCc1cccc(C)c1. The Labute approximate surface area is 112 Å². The average molecular weight is 245 g/mol. The summed E-state index contributed by atoms with van der Waals surface area (Å²) in [4.78, 5) is 0. The van der Waals surface area contributed by atoms with Crippen LogP contribution in [0.15, 0.2) is 36.9 Å². The van der Waals surface area contributed by atoms with E-state index in [-0.39, 0.29) is 0 Å². The normalized spacial score (nSPS) is 12.3. The lowest BCUT2D eigenvalue weighted by molar-refractivity contribution is 0.449. The molecule has 0 aromatic heterocycles. The molecule has 0 spiro atoms. The Kier molecular flexibility index (Phi) is 7.43. The lowest BCUT2D eigenvalue weighted by Crippen LogP contribution is -2.15. The molecule has 1 nitrogen and oxygen atoms in total. The highest BCUT2D eigenvalue weighted by Gasteiger charge is 2.03. The van der Waals surface area contributed by atoms with Gasteiger partial charge in [-0.25, -0.2) is 0 Å². The first kappa shape index (κ1) is 15.0. The van der Waals surface area contributed by atoms with Gasteiger partial charge in [-0.3, -0.25) is 0 Å². The second-order valence-corrected chi connectivity index (χ2v) is 5.11. The van der Waals surface area contributed by atoms with E-state index in [1.165, 1.54) is 30.4 Å². The van der Waals surface area contributed by atoms with Crippen LogP contribution in [-0.4, -0.2) is 6.54 Å². The summed E-state index contributed by atoms with van der Waals surface area (Å²) in [5, 5.41) is 3.52. The van der Waals surface area contributed by atoms with Gasteiger partial charge in [0, 0.05) is 6.54 Å². The van der Waals surface area contributed by atoms with Crippen LogP contribution in [0.1, 0.15) is 43.7 Å². The molecule has 0 bridgehead atoms. The van der Waals surface area contributed by atoms with Gasteiger partial charge in [-0.2, -0.15) is 0 Å². The fourth-order valence-corrected chi connectivity index (χ4v) is 2.29. The maximum atomic E-state index is 3.83. The molecule has 1 N–H and O–H groups in total. The van der Waals surface area contributed by atoms with E-state index in [0.717, 1.165) is 25.4 Å². The molecule has 0 aliphatic carbocycles. The highest BCUT2D eigenvalue weighted by Crippen LogP contribution is 2.15. The first-order chi connectivity index (χ1) is 8.76. The van der Waals surface area contributed by atoms with E-state index in [2.05, 4.69) is 50.0 Å². The van der Waals surface area contributed by atoms with Crippen LogP contribution in [0.4, 0.5) is 0 Å². The number of benzene rings is 1. The third-order valence-corrected chi connectivity index (χ3v) is 3.45. The lowest BCUT2D eigenvalue weighted by Gasteiger charge is -2.12. The van der Waals surface area contributed by atoms with Crippen LogP contribution in [0, 0.1) is 12.8 Å². The minimum Gasteiger partial charge on any atom is -0.313 e. The fraction of sp³-hybridized carbons (Fsp3) is 0.529. The van der Waals surface area contributed by atoms with E-state index in [1.807, 2.05) is 6.08 Å². The van der Waals surface area contributed by atoms with Gasteiger partial charge in [0.05, 0.1) is 0 Å². The molecule has 0 aliphatic rings. The molecule has 18 heavy (non-hydrogen) atoms. The predicted octanol–water partition coefficient (Wildman–Crippen LogP) is 4.47. The standard InChI is InChI=1S/C17H27N/c1-4-8-16(5-2)11-7-12-18-14-17-10-6-9-15(3)13-17/h4,6,9-10,13,16,18H,1,5,7-8,11-12,14H2,2-3H3. The summed E-state index contributed by atoms with van der Waals surface area (Å²) < 4.78 is 0. The number of rotatable bonds is 9. The summed E-state index contributed by atoms with van der Waals surface area (Å²) >= 11 is 0. The average Bonchev–Trinajstić information content (AvgIpc) is 2.37. The van der Waals surface area contributed by atoms with Crippen molar-refractivity contribution < 1.29 is 0 Å². The zero-order valence-electron chi connectivity index (χ0n) is 11.9. The highest BCUT2D eigenvalue weighted by molar-refractivity contribution is 5.21. The molecular formula is C17H27N. The minimum atomic E-state index is 0.822. The Morgan fingerprint density at radius 3 is 2.89 bits per heavy atom. The van der Waals surface area contributed by atoms with Crippen LogP contribution >= 0.6 is 0 Å². The van der Waals surface area contributed by atoms with E-state index in [1.54, 1.807) is 0 Å². The summed E-state index contributed by atoms with van der Waals surface area (Å²) in [5.74, 6) is 0.822. The Morgan fingerprint density at radius 1 is 1.39 bits per heavy atom. The maximum Gasteiger partial charge on any atom is 0.0205 e. The van der Waals surface area contributed by atoms with E-state index >= 15 is 0 Å². The highest BCUT2D eigenvalue weighted by atomic mass is 14.8. The quantitative estimate of drug-likeness (QED) is 0.500. The van der Waals surface area contributed by atoms with Crippen molar-refractivity contribution in [1.29, 1.82) is 0 Å². The molecule has 1 unspecified atom stereocenters. The Balaban J connectivity index is 2.13. The van der Waals surface area contributed by atoms with Crippen molar-refractivity contribution in [2.75, 3.05) is 6.54 Å². The van der Waals surface area contributed by atoms with E-state index in [9.17, 15) is 0 Å². The predicted molar refractivity (Wildman–Crippen MR) is 80.7 cm³/mol. The van der Waals surface area contributed by atoms with Crippen LogP contribution < -0.4 is 5.32 Å². The van der Waals surface area contributed by atoms with E-state index in [4.69, 9.17) is 0 Å². The first-order valence-corrected chi connectivity index (χ1v) is 7.13. The molecule has 0 radical (unpaired) electrons. The molecule has 1 heteroatoms. The van der Waals surface area contributed by atoms with Crippen LogP contribution in [0.25, 0.3) is 0 Å². The summed E-state index contributed by atoms with van der Waals surface area (Å²) in [6, 6.07) is 8.71. The van der Waals surface area contributed by atoms with Crippen molar-refractivity contribution in [2.24, 2.45) is 5.92 Å². The number of hydrogen-bond donors (Lipinski definition) is 1. The van der Waals surface area contributed by atoms with Crippen LogP contribution in [0.3, 0.4) is 0 Å². The topological polar surface area (TPSA) is 12.0 Å². The van der Waals surface area contributed by atoms with Gasteiger partial charge >= 0.3 is 0 Å². The Hall–Kier alpha value is -1.08. The Bertz CT molecular complexity index is 343. The summed E-state index contributed by atoms with van der Waals surface area (Å²) in [7, 11) is 0. The molecule has 1 atom stereocenters. The zero-order valence-corrected chi connectivity index (χ0v) is 11.9. The monoisotopic (exact) mass is 245 g/mol. The number of aryl methyl sites for hydroxylation is 1. The van der Waals surface area contributed by atoms with Gasteiger partial charge in [-0.1, -0.05) is 49.2 Å². The number of hydrogen-bond acceptors (Lipinski definition) is 1. The molecule has 1 aromatic carbocycles. The van der Waals surface area contributed by atoms with Crippen molar-refractivity contribution >= 4 is 0 Å². The second-order valence-electron chi connectivity index (χ2n) is 5.11. The zero-order chi connectivity index (χ0) is 13.2. The fourth-order valence-electron chi connectivity index (χ4n) is 2.29. The van der Waals surface area contributed by atoms with Crippen LogP contribution in [0.5, 0.6) is 0 Å². The Morgan fingerprint density at radius 2 is 2.22 bits per heavy atom. The summed E-state index contributed by atoms with van der Waals surface area (Å²) in [6.45, 7) is 10.3. The van der Waals surface area contributed by atoms with Crippen molar-refractivity contribution in [2.45, 2.75) is 46.1 Å². The molecule has 0 amide bonds. The molecule has 0 fully saturated rings. The smallest absolute Gasteiger partial charge is 0.0205 e. The molecule has 0 heterocycles. The lowest BCUT2D eigenvalue weighted by atomic mass is 9.97. The molecule has 1 aromatic rings. The third kappa shape index (κ3) is 6.02. The first-order valence-electron chi connectivity index (χ1n) is 7.13. The molecule has 0 aliphatic heterocycles.